The summed E-state index contributed by atoms with van der Waals surface area (Å²) in [5.41, 5.74) is 2.71. The zero-order chi connectivity index (χ0) is 16.6. The first kappa shape index (κ1) is 15.8. The smallest absolute Gasteiger partial charge is 0.410 e. The lowest BCUT2D eigenvalue weighted by atomic mass is 10.1. The number of hydrogen-bond acceptors (Lipinski definition) is 4. The average Bonchev–Trinajstić information content (AvgIpc) is 2.87. The van der Waals surface area contributed by atoms with E-state index in [1.807, 2.05) is 32.9 Å². The second kappa shape index (κ2) is 5.87. The van der Waals surface area contributed by atoms with Gasteiger partial charge in [-0.1, -0.05) is 0 Å². The summed E-state index contributed by atoms with van der Waals surface area (Å²) in [5.74, 6) is 0.251. The molecule has 2 aliphatic rings. The maximum absolute atomic E-state index is 12.1. The minimum Gasteiger partial charge on any atom is -0.444 e. The van der Waals surface area contributed by atoms with E-state index in [-0.39, 0.29) is 11.9 Å². The van der Waals surface area contributed by atoms with Crippen molar-refractivity contribution in [1.29, 1.82) is 0 Å². The molecule has 5 heteroatoms. The van der Waals surface area contributed by atoms with Gasteiger partial charge in [0, 0.05) is 43.9 Å². The molecule has 23 heavy (non-hydrogen) atoms. The molecule has 124 valence electrons. The maximum atomic E-state index is 12.1. The van der Waals surface area contributed by atoms with Gasteiger partial charge < -0.3 is 14.5 Å². The van der Waals surface area contributed by atoms with Gasteiger partial charge in [0.05, 0.1) is 0 Å². The third-order valence-corrected chi connectivity index (χ3v) is 4.31. The Labute approximate surface area is 137 Å². The highest BCUT2D eigenvalue weighted by Crippen LogP contribution is 2.27. The van der Waals surface area contributed by atoms with Gasteiger partial charge >= 0.3 is 6.09 Å². The molecule has 0 atom stereocenters. The van der Waals surface area contributed by atoms with Crippen molar-refractivity contribution in [2.24, 2.45) is 0 Å². The third-order valence-electron chi connectivity index (χ3n) is 4.31. The van der Waals surface area contributed by atoms with Gasteiger partial charge in [-0.3, -0.25) is 4.79 Å². The van der Waals surface area contributed by atoms with Gasteiger partial charge in [-0.05, 0) is 51.0 Å². The second-order valence-corrected chi connectivity index (χ2v) is 7.22. The maximum Gasteiger partial charge on any atom is 0.410 e. The standard InChI is InChI=1S/C18H24N2O3/c1-18(2,3)23-17(22)20-10-8-19(9-11-20)14-5-6-15-13(12-14)4-7-16(15)21/h5-6,12H,4,7-11H2,1-3H3. The van der Waals surface area contributed by atoms with Crippen LogP contribution in [-0.4, -0.2) is 48.6 Å². The number of piperazine rings is 1. The minimum absolute atomic E-state index is 0.239. The molecule has 0 aromatic heterocycles. The Bertz CT molecular complexity index is 626. The number of hydrogen-bond donors (Lipinski definition) is 0. The van der Waals surface area contributed by atoms with E-state index >= 15 is 0 Å². The molecule has 1 amide bonds. The molecular weight excluding hydrogens is 292 g/mol. The van der Waals surface area contributed by atoms with Crippen LogP contribution in [0.15, 0.2) is 18.2 Å². The number of benzene rings is 1. The van der Waals surface area contributed by atoms with Gasteiger partial charge in [0.1, 0.15) is 5.60 Å². The number of ether oxygens (including phenoxy) is 1. The summed E-state index contributed by atoms with van der Waals surface area (Å²) in [4.78, 5) is 27.8. The molecule has 1 heterocycles. The highest BCUT2D eigenvalue weighted by molar-refractivity contribution is 6.00. The normalized spacial score (nSPS) is 18.1. The SMILES string of the molecule is CC(C)(C)OC(=O)N1CCN(c2ccc3c(c2)CCC3=O)CC1. The van der Waals surface area contributed by atoms with Gasteiger partial charge in [-0.15, -0.1) is 0 Å². The summed E-state index contributed by atoms with van der Waals surface area (Å²) in [5, 5.41) is 0. The van der Waals surface area contributed by atoms with Crippen LogP contribution in [0, 0.1) is 0 Å². The molecule has 0 N–H and O–H groups in total. The molecule has 1 aliphatic heterocycles. The summed E-state index contributed by atoms with van der Waals surface area (Å²) >= 11 is 0. The highest BCUT2D eigenvalue weighted by atomic mass is 16.6. The van der Waals surface area contributed by atoms with Gasteiger partial charge in [-0.25, -0.2) is 4.79 Å². The topological polar surface area (TPSA) is 49.9 Å². The first-order chi connectivity index (χ1) is 10.8. The zero-order valence-corrected chi connectivity index (χ0v) is 14.1. The van der Waals surface area contributed by atoms with E-state index in [9.17, 15) is 9.59 Å². The molecule has 0 radical (unpaired) electrons. The third kappa shape index (κ3) is 3.49. The second-order valence-electron chi connectivity index (χ2n) is 7.22. The van der Waals surface area contributed by atoms with Crippen molar-refractivity contribution < 1.29 is 14.3 Å². The lowest BCUT2D eigenvalue weighted by molar-refractivity contribution is 0.0240. The molecule has 1 aliphatic carbocycles. The van der Waals surface area contributed by atoms with E-state index in [0.717, 1.165) is 36.3 Å². The molecule has 3 rings (SSSR count). The van der Waals surface area contributed by atoms with Crippen LogP contribution in [0.1, 0.15) is 43.1 Å². The van der Waals surface area contributed by atoms with E-state index in [0.29, 0.717) is 19.5 Å². The number of fused-ring (bicyclic) bond motifs is 1. The predicted molar refractivity (Wildman–Crippen MR) is 89.1 cm³/mol. The van der Waals surface area contributed by atoms with E-state index in [1.54, 1.807) is 4.90 Å². The number of ketones is 1. The van der Waals surface area contributed by atoms with Gasteiger partial charge in [0.25, 0.3) is 0 Å². The molecular formula is C18H24N2O3. The van der Waals surface area contributed by atoms with Crippen LogP contribution < -0.4 is 4.90 Å². The van der Waals surface area contributed by atoms with Crippen LogP contribution in [0.4, 0.5) is 10.5 Å². The monoisotopic (exact) mass is 316 g/mol. The Hall–Kier alpha value is -2.04. The number of nitrogens with zero attached hydrogens (tertiary/aromatic N) is 2. The molecule has 1 aromatic carbocycles. The van der Waals surface area contributed by atoms with Crippen molar-refractivity contribution in [2.75, 3.05) is 31.1 Å². The fraction of sp³-hybridized carbons (Fsp3) is 0.556. The molecule has 0 spiro atoms. The molecule has 1 saturated heterocycles. The molecule has 5 nitrogen and oxygen atoms in total. The van der Waals surface area contributed by atoms with E-state index < -0.39 is 5.60 Å². The van der Waals surface area contributed by atoms with E-state index in [1.165, 1.54) is 0 Å². The number of amides is 1. The average molecular weight is 316 g/mol. The quantitative estimate of drug-likeness (QED) is 0.799. The summed E-state index contributed by atoms with van der Waals surface area (Å²) < 4.78 is 5.42. The van der Waals surface area contributed by atoms with Crippen molar-refractivity contribution in [1.82, 2.24) is 4.90 Å². The van der Waals surface area contributed by atoms with Crippen LogP contribution in [0.5, 0.6) is 0 Å². The predicted octanol–water partition coefficient (Wildman–Crippen LogP) is 2.87. The van der Waals surface area contributed by atoms with Crippen molar-refractivity contribution in [2.45, 2.75) is 39.2 Å². The fourth-order valence-corrected chi connectivity index (χ4v) is 3.11. The molecule has 0 unspecified atom stereocenters. The van der Waals surface area contributed by atoms with Crippen LogP contribution in [0.25, 0.3) is 0 Å². The molecule has 1 fully saturated rings. The number of aryl methyl sites for hydroxylation is 1. The number of carbonyl (C=O) groups is 2. The summed E-state index contributed by atoms with van der Waals surface area (Å²) in [7, 11) is 0. The van der Waals surface area contributed by atoms with E-state index in [2.05, 4.69) is 11.0 Å². The molecule has 0 saturated carbocycles. The van der Waals surface area contributed by atoms with Crippen molar-refractivity contribution in [3.63, 3.8) is 0 Å². The summed E-state index contributed by atoms with van der Waals surface area (Å²) in [6.45, 7) is 8.53. The van der Waals surface area contributed by atoms with Crippen LogP contribution in [0.2, 0.25) is 0 Å². The largest absolute Gasteiger partial charge is 0.444 e. The van der Waals surface area contributed by atoms with Crippen LogP contribution in [-0.2, 0) is 11.2 Å². The number of carbonyl (C=O) groups excluding carboxylic acids is 2. The number of rotatable bonds is 1. The first-order valence-corrected chi connectivity index (χ1v) is 8.22. The van der Waals surface area contributed by atoms with Gasteiger partial charge in [0.15, 0.2) is 5.78 Å². The van der Waals surface area contributed by atoms with Crippen LogP contribution in [0.3, 0.4) is 0 Å². The number of anilines is 1. The van der Waals surface area contributed by atoms with E-state index in [4.69, 9.17) is 4.74 Å². The van der Waals surface area contributed by atoms with Crippen LogP contribution >= 0.6 is 0 Å². The highest BCUT2D eigenvalue weighted by Gasteiger charge is 2.27. The molecule has 0 bridgehead atoms. The first-order valence-electron chi connectivity index (χ1n) is 8.22. The lowest BCUT2D eigenvalue weighted by Crippen LogP contribution is -2.50. The minimum atomic E-state index is -0.458. The Morgan fingerprint density at radius 1 is 1.09 bits per heavy atom. The zero-order valence-electron chi connectivity index (χ0n) is 14.1. The fourth-order valence-electron chi connectivity index (χ4n) is 3.11. The number of Topliss-reactive ketones (excluding diaryl/α,β-unsaturated/α-hetero) is 1. The Morgan fingerprint density at radius 3 is 2.43 bits per heavy atom. The lowest BCUT2D eigenvalue weighted by Gasteiger charge is -2.36. The van der Waals surface area contributed by atoms with Gasteiger partial charge in [0.2, 0.25) is 0 Å². The Morgan fingerprint density at radius 2 is 1.78 bits per heavy atom. The van der Waals surface area contributed by atoms with Crippen molar-refractivity contribution in [3.8, 4) is 0 Å². The van der Waals surface area contributed by atoms with Crippen molar-refractivity contribution >= 4 is 17.6 Å². The summed E-state index contributed by atoms with van der Waals surface area (Å²) in [6.07, 6.45) is 1.24. The molecule has 1 aromatic rings. The Kier molecular flexibility index (Phi) is 4.04. The van der Waals surface area contributed by atoms with Crippen molar-refractivity contribution in [3.05, 3.63) is 29.3 Å². The Balaban J connectivity index is 1.61. The van der Waals surface area contributed by atoms with Gasteiger partial charge in [-0.2, -0.15) is 0 Å². The summed E-state index contributed by atoms with van der Waals surface area (Å²) in [6, 6.07) is 6.09.